The van der Waals surface area contributed by atoms with Gasteiger partial charge >= 0.3 is 12.2 Å². The van der Waals surface area contributed by atoms with Crippen molar-refractivity contribution in [1.82, 2.24) is 15.1 Å². The van der Waals surface area contributed by atoms with E-state index in [1.165, 1.54) is 4.90 Å². The Hall–Kier alpha value is -1.50. The second-order valence-corrected chi connectivity index (χ2v) is 6.46. The molecular weight excluding hydrogens is 262 g/mol. The standard InChI is InChI=1S/C13H23N3O4/c1-13(2,3)20-12(19)16-7-10(8-16)14-9-4-5-15(6-9)11(17)18/h9-10,14H,4-8H2,1-3H3,(H,17,18). The summed E-state index contributed by atoms with van der Waals surface area (Å²) >= 11 is 0. The molecule has 1 atom stereocenters. The molecule has 2 amide bonds. The molecule has 0 aromatic carbocycles. The van der Waals surface area contributed by atoms with E-state index in [0.29, 0.717) is 26.2 Å². The first-order valence-corrected chi connectivity index (χ1v) is 6.96. The van der Waals surface area contributed by atoms with E-state index < -0.39 is 11.7 Å². The van der Waals surface area contributed by atoms with Gasteiger partial charge in [0, 0.05) is 38.3 Å². The van der Waals surface area contributed by atoms with Crippen LogP contribution in [0, 0.1) is 0 Å². The summed E-state index contributed by atoms with van der Waals surface area (Å²) < 4.78 is 5.28. The Kier molecular flexibility index (Phi) is 4.08. The molecule has 0 aromatic rings. The minimum absolute atomic E-state index is 0.192. The fourth-order valence-electron chi connectivity index (χ4n) is 2.46. The topological polar surface area (TPSA) is 82.1 Å². The number of amides is 2. The molecule has 7 nitrogen and oxygen atoms in total. The SMILES string of the molecule is CC(C)(C)OC(=O)N1CC(NC2CCN(C(=O)O)C2)C1. The van der Waals surface area contributed by atoms with Crippen LogP contribution in [0.5, 0.6) is 0 Å². The number of carbonyl (C=O) groups excluding carboxylic acids is 1. The molecule has 0 aliphatic carbocycles. The van der Waals surface area contributed by atoms with Crippen molar-refractivity contribution in [3.8, 4) is 0 Å². The van der Waals surface area contributed by atoms with E-state index in [-0.39, 0.29) is 18.2 Å². The lowest BCUT2D eigenvalue weighted by atomic mass is 10.1. The van der Waals surface area contributed by atoms with Gasteiger partial charge in [-0.1, -0.05) is 0 Å². The Morgan fingerprint density at radius 1 is 1.15 bits per heavy atom. The Morgan fingerprint density at radius 3 is 2.25 bits per heavy atom. The smallest absolute Gasteiger partial charge is 0.410 e. The summed E-state index contributed by atoms with van der Waals surface area (Å²) in [5.41, 5.74) is -0.469. The van der Waals surface area contributed by atoms with Crippen molar-refractivity contribution in [1.29, 1.82) is 0 Å². The van der Waals surface area contributed by atoms with Crippen molar-refractivity contribution in [3.63, 3.8) is 0 Å². The predicted molar refractivity (Wildman–Crippen MR) is 72.7 cm³/mol. The highest BCUT2D eigenvalue weighted by atomic mass is 16.6. The zero-order chi connectivity index (χ0) is 14.9. The summed E-state index contributed by atoms with van der Waals surface area (Å²) in [6.07, 6.45) is -0.317. The highest BCUT2D eigenvalue weighted by molar-refractivity contribution is 5.69. The van der Waals surface area contributed by atoms with E-state index >= 15 is 0 Å². The lowest BCUT2D eigenvalue weighted by Gasteiger charge is -2.41. The third-order valence-corrected chi connectivity index (χ3v) is 3.46. The molecular formula is C13H23N3O4. The van der Waals surface area contributed by atoms with Gasteiger partial charge in [-0.25, -0.2) is 9.59 Å². The molecule has 2 heterocycles. The third kappa shape index (κ3) is 3.75. The summed E-state index contributed by atoms with van der Waals surface area (Å²) in [7, 11) is 0. The summed E-state index contributed by atoms with van der Waals surface area (Å²) in [5, 5.41) is 12.3. The van der Waals surface area contributed by atoms with Crippen LogP contribution in [-0.4, -0.2) is 71.0 Å². The fourth-order valence-corrected chi connectivity index (χ4v) is 2.46. The van der Waals surface area contributed by atoms with Crippen molar-refractivity contribution < 1.29 is 19.4 Å². The van der Waals surface area contributed by atoms with Crippen molar-refractivity contribution >= 4 is 12.2 Å². The number of hydrogen-bond donors (Lipinski definition) is 2. The summed E-state index contributed by atoms with van der Waals surface area (Å²) in [6.45, 7) is 7.89. The van der Waals surface area contributed by atoms with E-state index in [1.54, 1.807) is 4.90 Å². The van der Waals surface area contributed by atoms with Crippen LogP contribution >= 0.6 is 0 Å². The molecule has 20 heavy (non-hydrogen) atoms. The van der Waals surface area contributed by atoms with Crippen LogP contribution in [0.25, 0.3) is 0 Å². The minimum Gasteiger partial charge on any atom is -0.465 e. The van der Waals surface area contributed by atoms with E-state index in [1.807, 2.05) is 20.8 Å². The molecule has 2 saturated heterocycles. The molecule has 0 spiro atoms. The first-order chi connectivity index (χ1) is 9.24. The van der Waals surface area contributed by atoms with Crippen LogP contribution in [0.1, 0.15) is 27.2 Å². The van der Waals surface area contributed by atoms with Crippen molar-refractivity contribution in [2.45, 2.75) is 44.9 Å². The normalized spacial score (nSPS) is 23.6. The lowest BCUT2D eigenvalue weighted by Crippen LogP contribution is -2.62. The van der Waals surface area contributed by atoms with Gasteiger partial charge in [0.2, 0.25) is 0 Å². The molecule has 2 aliphatic heterocycles. The molecule has 2 rings (SSSR count). The van der Waals surface area contributed by atoms with Gasteiger partial charge in [0.15, 0.2) is 0 Å². The van der Waals surface area contributed by atoms with Gasteiger partial charge in [-0.3, -0.25) is 0 Å². The zero-order valence-electron chi connectivity index (χ0n) is 12.3. The molecule has 0 saturated carbocycles. The zero-order valence-corrected chi connectivity index (χ0v) is 12.3. The van der Waals surface area contributed by atoms with E-state index in [4.69, 9.17) is 9.84 Å². The number of carbonyl (C=O) groups is 2. The lowest BCUT2D eigenvalue weighted by molar-refractivity contribution is 0.00431. The number of carboxylic acid groups (broad SMARTS) is 1. The fraction of sp³-hybridized carbons (Fsp3) is 0.846. The second kappa shape index (κ2) is 5.47. The molecule has 114 valence electrons. The van der Waals surface area contributed by atoms with Crippen molar-refractivity contribution in [3.05, 3.63) is 0 Å². The quantitative estimate of drug-likeness (QED) is 0.789. The summed E-state index contributed by atoms with van der Waals surface area (Å²) in [4.78, 5) is 25.7. The second-order valence-electron chi connectivity index (χ2n) is 6.46. The van der Waals surface area contributed by atoms with Gasteiger partial charge < -0.3 is 25.0 Å². The third-order valence-electron chi connectivity index (χ3n) is 3.46. The first kappa shape index (κ1) is 14.9. The molecule has 7 heteroatoms. The maximum absolute atomic E-state index is 11.8. The summed E-state index contributed by atoms with van der Waals surface area (Å²) in [5.74, 6) is 0. The largest absolute Gasteiger partial charge is 0.465 e. The van der Waals surface area contributed by atoms with Crippen LogP contribution in [0.3, 0.4) is 0 Å². The van der Waals surface area contributed by atoms with Gasteiger partial charge in [-0.15, -0.1) is 0 Å². The molecule has 0 radical (unpaired) electrons. The van der Waals surface area contributed by atoms with Crippen LogP contribution in [0.4, 0.5) is 9.59 Å². The average molecular weight is 285 g/mol. The van der Waals surface area contributed by atoms with Crippen LogP contribution in [-0.2, 0) is 4.74 Å². The van der Waals surface area contributed by atoms with Gasteiger partial charge in [-0.05, 0) is 27.2 Å². The van der Waals surface area contributed by atoms with Crippen LogP contribution in [0.15, 0.2) is 0 Å². The van der Waals surface area contributed by atoms with Gasteiger partial charge in [0.05, 0.1) is 0 Å². The Balaban J connectivity index is 1.67. The number of nitrogens with one attached hydrogen (secondary N) is 1. The number of hydrogen-bond acceptors (Lipinski definition) is 4. The van der Waals surface area contributed by atoms with Crippen LogP contribution in [0.2, 0.25) is 0 Å². The van der Waals surface area contributed by atoms with Gasteiger partial charge in [0.1, 0.15) is 5.60 Å². The molecule has 0 aromatic heterocycles. The predicted octanol–water partition coefficient (Wildman–Crippen LogP) is 0.948. The van der Waals surface area contributed by atoms with Gasteiger partial charge in [0.25, 0.3) is 0 Å². The van der Waals surface area contributed by atoms with Crippen molar-refractivity contribution in [2.75, 3.05) is 26.2 Å². The van der Waals surface area contributed by atoms with Crippen molar-refractivity contribution in [2.24, 2.45) is 0 Å². The number of nitrogens with zero attached hydrogens (tertiary/aromatic N) is 2. The maximum atomic E-state index is 11.8. The summed E-state index contributed by atoms with van der Waals surface area (Å²) in [6, 6.07) is 0.429. The number of ether oxygens (including phenoxy) is 1. The van der Waals surface area contributed by atoms with E-state index in [9.17, 15) is 9.59 Å². The maximum Gasteiger partial charge on any atom is 0.410 e. The molecule has 2 aliphatic rings. The Morgan fingerprint density at radius 2 is 1.75 bits per heavy atom. The van der Waals surface area contributed by atoms with E-state index in [0.717, 1.165) is 6.42 Å². The minimum atomic E-state index is -0.863. The molecule has 0 bridgehead atoms. The Bertz CT molecular complexity index is 388. The molecule has 2 fully saturated rings. The van der Waals surface area contributed by atoms with Crippen LogP contribution < -0.4 is 5.32 Å². The highest BCUT2D eigenvalue weighted by Crippen LogP contribution is 2.17. The van der Waals surface area contributed by atoms with Gasteiger partial charge in [-0.2, -0.15) is 0 Å². The average Bonchev–Trinajstić information content (AvgIpc) is 2.68. The Labute approximate surface area is 118 Å². The number of rotatable bonds is 2. The highest BCUT2D eigenvalue weighted by Gasteiger charge is 2.36. The molecule has 1 unspecified atom stereocenters. The monoisotopic (exact) mass is 285 g/mol. The van der Waals surface area contributed by atoms with E-state index in [2.05, 4.69) is 5.32 Å². The number of likely N-dealkylation sites (tertiary alicyclic amines) is 2. The molecule has 2 N–H and O–H groups in total. The first-order valence-electron chi connectivity index (χ1n) is 6.96.